The molecule has 0 radical (unpaired) electrons. The molecule has 0 bridgehead atoms. The molecular formula is C6H6N2O3. The first-order valence-corrected chi connectivity index (χ1v) is 2.88. The van der Waals surface area contributed by atoms with Crippen LogP contribution in [-0.2, 0) is 4.79 Å². The highest BCUT2D eigenvalue weighted by Crippen LogP contribution is 2.02. The molecule has 0 aliphatic rings. The van der Waals surface area contributed by atoms with E-state index in [1.54, 1.807) is 0 Å². The number of aliphatic carboxylic acids is 1. The van der Waals surface area contributed by atoms with Crippen LogP contribution >= 0.6 is 0 Å². The molecule has 5 nitrogen and oxygen atoms in total. The zero-order valence-electron chi connectivity index (χ0n) is 5.60. The molecule has 1 N–H and O–H groups in total. The third kappa shape index (κ3) is 2.61. The summed E-state index contributed by atoms with van der Waals surface area (Å²) in [6.07, 6.45) is 4.14. The van der Waals surface area contributed by atoms with E-state index in [-0.39, 0.29) is 6.61 Å². The average Bonchev–Trinajstić information content (AvgIpc) is 2.03. The van der Waals surface area contributed by atoms with Crippen LogP contribution in [0.15, 0.2) is 18.7 Å². The first-order valence-electron chi connectivity index (χ1n) is 2.88. The van der Waals surface area contributed by atoms with E-state index in [9.17, 15) is 4.79 Å². The summed E-state index contributed by atoms with van der Waals surface area (Å²) in [5, 5.41) is 8.21. The number of aromatic nitrogens is 2. The number of ether oxygens (including phenoxy) is 1. The van der Waals surface area contributed by atoms with Crippen molar-refractivity contribution >= 4 is 5.97 Å². The van der Waals surface area contributed by atoms with Crippen molar-refractivity contribution in [1.82, 2.24) is 9.97 Å². The van der Waals surface area contributed by atoms with Crippen LogP contribution in [0.4, 0.5) is 0 Å². The summed E-state index contributed by atoms with van der Waals surface area (Å²) in [6.45, 7) is -0.368. The number of carboxylic acids is 1. The van der Waals surface area contributed by atoms with E-state index in [1.807, 2.05) is 0 Å². The molecule has 0 spiro atoms. The summed E-state index contributed by atoms with van der Waals surface area (Å²) >= 11 is 0. The van der Waals surface area contributed by atoms with Gasteiger partial charge < -0.3 is 9.84 Å². The highest BCUT2D eigenvalue weighted by molar-refractivity contribution is 5.68. The second-order valence-electron chi connectivity index (χ2n) is 1.76. The van der Waals surface area contributed by atoms with E-state index in [0.717, 1.165) is 0 Å². The van der Waals surface area contributed by atoms with Crippen molar-refractivity contribution in [1.29, 1.82) is 0 Å². The summed E-state index contributed by atoms with van der Waals surface area (Å²) in [4.78, 5) is 17.3. The first-order chi connectivity index (χ1) is 5.29. The van der Waals surface area contributed by atoms with Crippen LogP contribution < -0.4 is 4.74 Å². The van der Waals surface area contributed by atoms with Crippen molar-refractivity contribution in [2.75, 3.05) is 6.61 Å². The fourth-order valence-corrected chi connectivity index (χ4v) is 0.505. The van der Waals surface area contributed by atoms with Crippen molar-refractivity contribution in [3.63, 3.8) is 0 Å². The highest BCUT2D eigenvalue weighted by atomic mass is 16.5. The predicted molar refractivity (Wildman–Crippen MR) is 35.2 cm³/mol. The molecule has 11 heavy (non-hydrogen) atoms. The molecule has 1 rings (SSSR count). The summed E-state index contributed by atoms with van der Waals surface area (Å²) in [6, 6.07) is 0. The van der Waals surface area contributed by atoms with Gasteiger partial charge in [-0.15, -0.1) is 0 Å². The third-order valence-electron chi connectivity index (χ3n) is 0.899. The Morgan fingerprint density at radius 1 is 1.55 bits per heavy atom. The Labute approximate surface area is 62.7 Å². The molecule has 0 aliphatic heterocycles. The van der Waals surface area contributed by atoms with Gasteiger partial charge in [-0.25, -0.2) is 14.8 Å². The van der Waals surface area contributed by atoms with E-state index < -0.39 is 5.97 Å². The molecule has 0 aliphatic carbocycles. The molecule has 0 saturated carbocycles. The largest absolute Gasteiger partial charge is 0.479 e. The standard InChI is InChI=1S/C6H6N2O3/c9-6(10)3-11-5-1-7-4-8-2-5/h1-2,4H,3H2,(H,9,10). The molecule has 0 amide bonds. The lowest BCUT2D eigenvalue weighted by molar-refractivity contribution is -0.139. The molecule has 1 aromatic heterocycles. The van der Waals surface area contributed by atoms with Crippen LogP contribution in [0.3, 0.4) is 0 Å². The second-order valence-corrected chi connectivity index (χ2v) is 1.76. The van der Waals surface area contributed by atoms with Crippen LogP contribution in [0.2, 0.25) is 0 Å². The lowest BCUT2D eigenvalue weighted by atomic mass is 10.6. The molecule has 0 atom stereocenters. The Morgan fingerprint density at radius 3 is 2.73 bits per heavy atom. The maximum Gasteiger partial charge on any atom is 0.341 e. The molecule has 5 heteroatoms. The Hall–Kier alpha value is -1.65. The minimum absolute atomic E-state index is 0.356. The lowest BCUT2D eigenvalue weighted by Crippen LogP contribution is -2.09. The second kappa shape index (κ2) is 3.50. The van der Waals surface area contributed by atoms with E-state index >= 15 is 0 Å². The normalized spacial score (nSPS) is 9.09. The zero-order valence-corrected chi connectivity index (χ0v) is 5.60. The SMILES string of the molecule is O=C(O)COc1cncnc1. The third-order valence-corrected chi connectivity index (χ3v) is 0.899. The number of nitrogens with zero attached hydrogens (tertiary/aromatic N) is 2. The summed E-state index contributed by atoms with van der Waals surface area (Å²) in [7, 11) is 0. The van der Waals surface area contributed by atoms with Crippen LogP contribution in [0, 0.1) is 0 Å². The molecule has 0 aromatic carbocycles. The van der Waals surface area contributed by atoms with Gasteiger partial charge in [-0.05, 0) is 0 Å². The number of carbonyl (C=O) groups is 1. The van der Waals surface area contributed by atoms with Gasteiger partial charge in [-0.3, -0.25) is 0 Å². The van der Waals surface area contributed by atoms with Crippen LogP contribution in [0.5, 0.6) is 5.75 Å². The number of hydrogen-bond acceptors (Lipinski definition) is 4. The molecule has 1 heterocycles. The summed E-state index contributed by atoms with van der Waals surface area (Å²) < 4.78 is 4.74. The fourth-order valence-electron chi connectivity index (χ4n) is 0.505. The fraction of sp³-hybridized carbons (Fsp3) is 0.167. The van der Waals surface area contributed by atoms with Crippen LogP contribution in [0.25, 0.3) is 0 Å². The molecule has 0 unspecified atom stereocenters. The lowest BCUT2D eigenvalue weighted by Gasteiger charge is -1.98. The Kier molecular flexibility index (Phi) is 2.37. The molecule has 1 aromatic rings. The van der Waals surface area contributed by atoms with Crippen molar-refractivity contribution in [3.8, 4) is 5.75 Å². The van der Waals surface area contributed by atoms with Crippen molar-refractivity contribution < 1.29 is 14.6 Å². The monoisotopic (exact) mass is 154 g/mol. The van der Waals surface area contributed by atoms with Crippen molar-refractivity contribution in [2.45, 2.75) is 0 Å². The van der Waals surface area contributed by atoms with Crippen molar-refractivity contribution in [2.24, 2.45) is 0 Å². The maximum absolute atomic E-state index is 10.0. The van der Waals surface area contributed by atoms with E-state index in [0.29, 0.717) is 5.75 Å². The van der Waals surface area contributed by atoms with Gasteiger partial charge in [0.2, 0.25) is 0 Å². The Bertz CT molecular complexity index is 237. The maximum atomic E-state index is 10.0. The van der Waals surface area contributed by atoms with Crippen LogP contribution in [0.1, 0.15) is 0 Å². The minimum Gasteiger partial charge on any atom is -0.479 e. The number of carboxylic acid groups (broad SMARTS) is 1. The van der Waals surface area contributed by atoms with Crippen LogP contribution in [-0.4, -0.2) is 27.7 Å². The minimum atomic E-state index is -1.02. The molecule has 0 fully saturated rings. The van der Waals surface area contributed by atoms with E-state index in [1.165, 1.54) is 18.7 Å². The van der Waals surface area contributed by atoms with Gasteiger partial charge in [0.05, 0.1) is 12.4 Å². The van der Waals surface area contributed by atoms with Gasteiger partial charge in [0, 0.05) is 0 Å². The summed E-state index contributed by atoms with van der Waals surface area (Å²) in [5.74, 6) is -0.663. The first kappa shape index (κ1) is 7.46. The van der Waals surface area contributed by atoms with Gasteiger partial charge in [0.15, 0.2) is 12.4 Å². The number of rotatable bonds is 3. The van der Waals surface area contributed by atoms with E-state index in [4.69, 9.17) is 9.84 Å². The predicted octanol–water partition coefficient (Wildman–Crippen LogP) is -0.0600. The Morgan fingerprint density at radius 2 is 2.18 bits per heavy atom. The quantitative estimate of drug-likeness (QED) is 0.660. The van der Waals surface area contributed by atoms with Gasteiger partial charge in [-0.1, -0.05) is 0 Å². The van der Waals surface area contributed by atoms with Gasteiger partial charge in [-0.2, -0.15) is 0 Å². The average molecular weight is 154 g/mol. The molecule has 58 valence electrons. The number of hydrogen-bond donors (Lipinski definition) is 1. The Balaban J connectivity index is 2.45. The summed E-state index contributed by atoms with van der Waals surface area (Å²) in [5.41, 5.74) is 0. The zero-order chi connectivity index (χ0) is 8.10. The van der Waals surface area contributed by atoms with E-state index in [2.05, 4.69) is 9.97 Å². The van der Waals surface area contributed by atoms with Crippen molar-refractivity contribution in [3.05, 3.63) is 18.7 Å². The molecule has 0 saturated heterocycles. The molecular weight excluding hydrogens is 148 g/mol. The van der Waals surface area contributed by atoms with Gasteiger partial charge in [0.1, 0.15) is 6.33 Å². The topological polar surface area (TPSA) is 72.3 Å². The highest BCUT2D eigenvalue weighted by Gasteiger charge is 1.97. The van der Waals surface area contributed by atoms with Gasteiger partial charge >= 0.3 is 5.97 Å². The smallest absolute Gasteiger partial charge is 0.341 e. The van der Waals surface area contributed by atoms with Gasteiger partial charge in [0.25, 0.3) is 0 Å².